The molecule has 0 aliphatic carbocycles. The average Bonchev–Trinajstić information content (AvgIpc) is 3.17. The van der Waals surface area contributed by atoms with Gasteiger partial charge in [-0.15, -0.1) is 0 Å². The van der Waals surface area contributed by atoms with Crippen molar-refractivity contribution in [3.63, 3.8) is 0 Å². The number of hydrogen-bond acceptors (Lipinski definition) is 10. The Hall–Kier alpha value is -5.84. The van der Waals surface area contributed by atoms with E-state index in [0.717, 1.165) is 57.0 Å². The maximum absolute atomic E-state index is 12.6. The quantitative estimate of drug-likeness (QED) is 0.150. The summed E-state index contributed by atoms with van der Waals surface area (Å²) in [5, 5.41) is 24.6. The molecule has 2 unspecified atom stereocenters. The molecule has 0 saturated carbocycles. The Morgan fingerprint density at radius 3 is 1.44 bits per heavy atom. The summed E-state index contributed by atoms with van der Waals surface area (Å²) < 4.78 is 33.5. The van der Waals surface area contributed by atoms with Crippen molar-refractivity contribution in [2.24, 2.45) is 0 Å². The topological polar surface area (TPSA) is 130 Å². The molecule has 2 atom stereocenters. The lowest BCUT2D eigenvalue weighted by Crippen LogP contribution is -2.25. The summed E-state index contributed by atoms with van der Waals surface area (Å²) in [6.45, 7) is -0.752. The average molecular weight is 675 g/mol. The van der Waals surface area contributed by atoms with Crippen LogP contribution in [0.1, 0.15) is 31.8 Å². The Balaban J connectivity index is 0.843. The molecule has 254 valence electrons. The van der Waals surface area contributed by atoms with Crippen molar-refractivity contribution in [2.75, 3.05) is 26.4 Å². The predicted molar refractivity (Wildman–Crippen MR) is 185 cm³/mol. The highest BCUT2D eigenvalue weighted by Gasteiger charge is 2.17. The van der Waals surface area contributed by atoms with Crippen molar-refractivity contribution >= 4 is 33.5 Å². The van der Waals surface area contributed by atoms with Gasteiger partial charge >= 0.3 is 11.9 Å². The molecule has 0 fully saturated rings. The van der Waals surface area contributed by atoms with Gasteiger partial charge in [-0.25, -0.2) is 9.59 Å². The first kappa shape index (κ1) is 32.7. The molecule has 0 bridgehead atoms. The number of aliphatic hydroxyl groups excluding tert-OH is 2. The summed E-state index contributed by atoms with van der Waals surface area (Å²) in [4.78, 5) is 25.1. The van der Waals surface area contributed by atoms with Gasteiger partial charge in [-0.3, -0.25) is 0 Å². The Kier molecular flexibility index (Phi) is 9.63. The SMILES string of the molecule is O=C(OCC(O)COc1ccc2ccc3c(c2c1)OC=CC3)c1ccc(C(=O)OCC(O)COc2ccc3ccc4c(c3c2)OC=CC4)cc1. The molecule has 10 heteroatoms. The highest BCUT2D eigenvalue weighted by molar-refractivity contribution is 5.94. The highest BCUT2D eigenvalue weighted by atomic mass is 16.6. The van der Waals surface area contributed by atoms with Crippen molar-refractivity contribution < 1.29 is 48.2 Å². The number of allylic oxidation sites excluding steroid dienone is 2. The van der Waals surface area contributed by atoms with Crippen molar-refractivity contribution in [1.82, 2.24) is 0 Å². The molecule has 0 amide bonds. The van der Waals surface area contributed by atoms with Gasteiger partial charge < -0.3 is 38.6 Å². The number of hydrogen-bond donors (Lipinski definition) is 2. The first-order valence-electron chi connectivity index (χ1n) is 16.2. The van der Waals surface area contributed by atoms with Crippen LogP contribution >= 0.6 is 0 Å². The van der Waals surface area contributed by atoms with E-state index in [2.05, 4.69) is 0 Å². The van der Waals surface area contributed by atoms with Gasteiger partial charge in [-0.2, -0.15) is 0 Å². The lowest BCUT2D eigenvalue weighted by atomic mass is 10.0. The maximum atomic E-state index is 12.6. The molecule has 2 N–H and O–H groups in total. The van der Waals surface area contributed by atoms with Crippen LogP contribution in [0.5, 0.6) is 23.0 Å². The molecule has 0 saturated heterocycles. The minimum Gasteiger partial charge on any atom is -0.491 e. The molecule has 10 nitrogen and oxygen atoms in total. The van der Waals surface area contributed by atoms with Gasteiger partial charge in [0.15, 0.2) is 0 Å². The van der Waals surface area contributed by atoms with E-state index in [1.165, 1.54) is 24.3 Å². The second kappa shape index (κ2) is 14.7. The van der Waals surface area contributed by atoms with Crippen LogP contribution in [0.25, 0.3) is 21.5 Å². The Labute approximate surface area is 287 Å². The van der Waals surface area contributed by atoms with Gasteiger partial charge in [-0.05, 0) is 95.4 Å². The van der Waals surface area contributed by atoms with Gasteiger partial charge in [0, 0.05) is 10.8 Å². The van der Waals surface area contributed by atoms with Gasteiger partial charge in [0.1, 0.15) is 61.6 Å². The van der Waals surface area contributed by atoms with Gasteiger partial charge in [-0.1, -0.05) is 36.4 Å². The summed E-state index contributed by atoms with van der Waals surface area (Å²) >= 11 is 0. The molecule has 2 aliphatic rings. The number of carbonyl (C=O) groups excluding carboxylic acids is 2. The van der Waals surface area contributed by atoms with Crippen molar-refractivity contribution in [1.29, 1.82) is 0 Å². The molecule has 5 aromatic carbocycles. The van der Waals surface area contributed by atoms with Crippen LogP contribution in [-0.2, 0) is 22.3 Å². The fourth-order valence-corrected chi connectivity index (χ4v) is 5.73. The van der Waals surface area contributed by atoms with E-state index in [-0.39, 0.29) is 37.6 Å². The van der Waals surface area contributed by atoms with Crippen molar-refractivity contribution in [2.45, 2.75) is 25.0 Å². The highest BCUT2D eigenvalue weighted by Crippen LogP contribution is 2.36. The van der Waals surface area contributed by atoms with Crippen LogP contribution in [0.15, 0.2) is 110 Å². The lowest BCUT2D eigenvalue weighted by Gasteiger charge is -2.16. The molecule has 0 radical (unpaired) electrons. The van der Waals surface area contributed by atoms with Gasteiger partial charge in [0.25, 0.3) is 0 Å². The van der Waals surface area contributed by atoms with Crippen LogP contribution in [-0.4, -0.2) is 60.8 Å². The van der Waals surface area contributed by atoms with E-state index in [9.17, 15) is 19.8 Å². The Morgan fingerprint density at radius 2 is 1.00 bits per heavy atom. The molecule has 2 aliphatic heterocycles. The molecule has 0 aromatic heterocycles. The van der Waals surface area contributed by atoms with Crippen molar-refractivity contribution in [3.05, 3.63) is 132 Å². The number of carbonyl (C=O) groups is 2. The zero-order valence-electron chi connectivity index (χ0n) is 27.0. The summed E-state index contributed by atoms with van der Waals surface area (Å²) in [5.41, 5.74) is 2.54. The van der Waals surface area contributed by atoms with Crippen LogP contribution in [0.4, 0.5) is 0 Å². The van der Waals surface area contributed by atoms with Crippen LogP contribution in [0.2, 0.25) is 0 Å². The minimum absolute atomic E-state index is 0.0902. The summed E-state index contributed by atoms with van der Waals surface area (Å²) in [7, 11) is 0. The number of aliphatic hydroxyl groups is 2. The molecule has 7 rings (SSSR count). The molecule has 50 heavy (non-hydrogen) atoms. The smallest absolute Gasteiger partial charge is 0.338 e. The first-order valence-corrected chi connectivity index (χ1v) is 16.2. The monoisotopic (exact) mass is 674 g/mol. The summed E-state index contributed by atoms with van der Waals surface area (Å²) in [6.07, 6.45) is 6.69. The normalized spacial score (nSPS) is 14.1. The fourth-order valence-electron chi connectivity index (χ4n) is 5.73. The van der Waals surface area contributed by atoms with Crippen LogP contribution < -0.4 is 18.9 Å². The number of ether oxygens (including phenoxy) is 6. The van der Waals surface area contributed by atoms with E-state index < -0.39 is 24.1 Å². The summed E-state index contributed by atoms with van der Waals surface area (Å²) in [5.74, 6) is 1.34. The zero-order chi connectivity index (χ0) is 34.5. The number of benzene rings is 5. The minimum atomic E-state index is -1.07. The summed E-state index contributed by atoms with van der Waals surface area (Å²) in [6, 6.07) is 25.0. The van der Waals surface area contributed by atoms with Crippen molar-refractivity contribution in [3.8, 4) is 23.0 Å². The lowest BCUT2D eigenvalue weighted by molar-refractivity contribution is 0.0124. The standard InChI is InChI=1S/C40H34O10/c41-31(21-47-33-15-13-25-5-7-27-3-1-17-45-37(27)35(25)19-33)23-49-39(43)29-9-11-30(12-10-29)40(44)50-24-32(42)22-48-34-16-14-26-6-8-28-4-2-18-46-38(28)36(26)20-34/h1-2,5-20,31-32,41-42H,3-4,21-24H2. The fraction of sp³-hybridized carbons (Fsp3) is 0.200. The molecule has 5 aromatic rings. The largest absolute Gasteiger partial charge is 0.491 e. The predicted octanol–water partition coefficient (Wildman–Crippen LogP) is 6.08. The molecular weight excluding hydrogens is 640 g/mol. The molecular formula is C40H34O10. The van der Waals surface area contributed by atoms with Crippen LogP contribution in [0, 0.1) is 0 Å². The second-order valence-electron chi connectivity index (χ2n) is 12.0. The van der Waals surface area contributed by atoms with E-state index in [1.54, 1.807) is 24.7 Å². The van der Waals surface area contributed by atoms with E-state index in [4.69, 9.17) is 28.4 Å². The second-order valence-corrected chi connectivity index (χ2v) is 12.0. The van der Waals surface area contributed by atoms with E-state index in [1.807, 2.05) is 60.7 Å². The third-order valence-electron chi connectivity index (χ3n) is 8.34. The van der Waals surface area contributed by atoms with E-state index in [0.29, 0.717) is 11.5 Å². The maximum Gasteiger partial charge on any atom is 0.338 e. The van der Waals surface area contributed by atoms with Gasteiger partial charge in [0.05, 0.1) is 23.7 Å². The Morgan fingerprint density at radius 1 is 0.580 bits per heavy atom. The van der Waals surface area contributed by atoms with Gasteiger partial charge in [0.2, 0.25) is 0 Å². The third-order valence-corrected chi connectivity index (χ3v) is 8.34. The first-order chi connectivity index (χ1) is 24.4. The zero-order valence-corrected chi connectivity index (χ0v) is 27.0. The molecule has 2 heterocycles. The number of rotatable bonds is 12. The number of fused-ring (bicyclic) bond motifs is 6. The Bertz CT molecular complexity index is 1950. The third kappa shape index (κ3) is 7.41. The van der Waals surface area contributed by atoms with Crippen LogP contribution in [0.3, 0.4) is 0 Å². The van der Waals surface area contributed by atoms with E-state index >= 15 is 0 Å². The number of esters is 2. The molecule has 0 spiro atoms.